The fraction of sp³-hybridized carbons (Fsp3) is 0.247. The van der Waals surface area contributed by atoms with Gasteiger partial charge in [-0.05, 0) is 175 Å². The average molecular weight is 1870 g/mol. The van der Waals surface area contributed by atoms with Crippen molar-refractivity contribution in [1.29, 1.82) is 0 Å². The van der Waals surface area contributed by atoms with E-state index in [0.29, 0.717) is 0 Å². The van der Waals surface area contributed by atoms with Crippen molar-refractivity contribution in [3.8, 4) is 33.6 Å². The summed E-state index contributed by atoms with van der Waals surface area (Å²) in [5.74, 6) is -28.9. The molecule has 27 heteroatoms. The summed E-state index contributed by atoms with van der Waals surface area (Å²) in [4.78, 5) is 27.6. The number of pyridine rings is 2. The number of aromatic nitrogens is 4. The molecule has 6 aliphatic rings. The number of alkyl halides is 14. The molecule has 0 saturated carbocycles. The molecular weight excluding hydrogens is 1780 g/mol. The molecule has 1 unspecified atom stereocenters. The maximum Gasteiger partial charge on any atom is 0.553 e. The maximum atomic E-state index is 11.7. The second kappa shape index (κ2) is 36.4. The van der Waals surface area contributed by atoms with Gasteiger partial charge in [-0.25, -0.2) is 0 Å². The van der Waals surface area contributed by atoms with Crippen molar-refractivity contribution in [1.82, 2.24) is 19.1 Å². The number of hydrogen-bond acceptors (Lipinski definition) is 6. The summed E-state index contributed by atoms with van der Waals surface area (Å²) in [7, 11) is -1.93. The predicted molar refractivity (Wildman–Crippen MR) is 439 cm³/mol. The number of carboxylic acids is 2. The fourth-order valence-electron chi connectivity index (χ4n) is 16.3. The molecule has 1 atom stereocenters. The van der Waals surface area contributed by atoms with Crippen LogP contribution in [0.5, 0.6) is 0 Å². The summed E-state index contributed by atoms with van der Waals surface area (Å²) in [6, 6.07) is 72.6. The molecule has 120 heavy (non-hydrogen) atoms. The largest absolute Gasteiger partial charge is 0.553 e. The van der Waals surface area contributed by atoms with Gasteiger partial charge in [0, 0.05) is 66.6 Å². The molecule has 6 aliphatic heterocycles. The Kier molecular flexibility index (Phi) is 27.3. The summed E-state index contributed by atoms with van der Waals surface area (Å²) >= 11 is 0. The van der Waals surface area contributed by atoms with E-state index in [0.717, 1.165) is 73.9 Å². The number of benzene rings is 6. The quantitative estimate of drug-likeness (QED) is 0.0401. The first-order valence-corrected chi connectivity index (χ1v) is 42.1. The van der Waals surface area contributed by atoms with E-state index in [-0.39, 0.29) is 19.8 Å². The molecule has 624 valence electrons. The van der Waals surface area contributed by atoms with Crippen molar-refractivity contribution in [2.75, 3.05) is 0 Å². The standard InChI is InChI=1S/C37H44N4.C26H22P2.C22H16N2.2C4HF7O2.Os/c1-9-21-22(10-2)30-18-32-25(13-5)26(14-6)34-20-36-28(16-8)27(15-7)35-19-33-24(12-4)23(11-3)31-17-29(21)38(30)37(39(31)33,40(32)34)41(35)36;1-5-13-23(14-6-1)27(24-15-7-2-8-16-24)21-22-28(25-17-9-3-10-18-25)26-19-11-4-12-20-26;1-3-7-17(8-4-1)19-11-13-23-21(15-19)22-16-20(12-14-24-22)18-9-5-2-6-10-18;2*5-2(6,1(12)13)3(7,8)4(9,10)11;/h17-20H,9-16H2,1-8H3;1-22H;1-16H;2*(H,12,13);/q+2;;;;;. The Morgan fingerprint density at radius 2 is 0.675 bits per heavy atom. The van der Waals surface area contributed by atoms with Gasteiger partial charge in [-0.1, -0.05) is 198 Å². The normalized spacial score (nSPS) is 15.5. The van der Waals surface area contributed by atoms with Gasteiger partial charge in [0.2, 0.25) is 22.8 Å². The summed E-state index contributed by atoms with van der Waals surface area (Å²) in [6.45, 7) is 18.9. The molecule has 1 spiro atoms. The average Bonchev–Trinajstić information content (AvgIpc) is 1.46. The summed E-state index contributed by atoms with van der Waals surface area (Å²) in [5.41, 5.74) is 27.3. The van der Waals surface area contributed by atoms with Crippen molar-refractivity contribution in [2.45, 2.75) is 149 Å². The van der Waals surface area contributed by atoms with E-state index in [1.165, 1.54) is 122 Å². The van der Waals surface area contributed by atoms with Crippen LogP contribution >= 0.6 is 15.8 Å². The summed E-state index contributed by atoms with van der Waals surface area (Å²) in [6.07, 6.45) is 9.13. The Hall–Kier alpha value is -10.6. The molecule has 0 saturated heterocycles. The molecule has 16 rings (SSSR count). The molecule has 4 aromatic heterocycles. The number of rotatable bonds is 21. The third kappa shape index (κ3) is 16.2. The van der Waals surface area contributed by atoms with E-state index < -0.39 is 69.7 Å². The van der Waals surface area contributed by atoms with Crippen LogP contribution in [0.3, 0.4) is 0 Å². The van der Waals surface area contributed by atoms with E-state index in [4.69, 9.17) is 0 Å². The Morgan fingerprint density at radius 1 is 0.375 bits per heavy atom. The smallest absolute Gasteiger partial charge is 0.544 e. The SMILES string of the molecule is C(=C[PH+](c1ccccc1)c1ccccc1)[PH+](c1ccccc1)c1ccccc1.CCC1=C(CC)C2=[N+]3C1=Cc1c(CC)c(CC)c4n1C31n3c(c(CC)c(CC)c3=C4)=CC3=[N+]1C(=C2)C(CC)=C3CC.O=C([O-])C(F)(F)C(F)(F)C(F)(F)F.O=C([O-])C(F)(F)C(F)(F)C(F)(F)F.[Os].c1ccc(-c2ccnc(-c3cc(-c4ccccc4)ccn3)c2)cc1. The van der Waals surface area contributed by atoms with Crippen molar-refractivity contribution in [3.05, 3.63) is 314 Å². The molecule has 10 aromatic rings. The van der Waals surface area contributed by atoms with Crippen LogP contribution in [0.1, 0.15) is 115 Å². The van der Waals surface area contributed by atoms with E-state index in [1.807, 2.05) is 60.9 Å². The minimum Gasteiger partial charge on any atom is -0.544 e. The van der Waals surface area contributed by atoms with Gasteiger partial charge in [-0.3, -0.25) is 9.97 Å². The Bertz CT molecular complexity index is 5560. The van der Waals surface area contributed by atoms with Gasteiger partial charge < -0.3 is 19.8 Å². The zero-order chi connectivity index (χ0) is 85.9. The number of halogens is 14. The topological polar surface area (TPSA) is 122 Å². The van der Waals surface area contributed by atoms with E-state index >= 15 is 0 Å². The van der Waals surface area contributed by atoms with Gasteiger partial charge >= 0.3 is 42.0 Å². The summed E-state index contributed by atoms with van der Waals surface area (Å²) in [5, 5.41) is 27.1. The Morgan fingerprint density at radius 3 is 0.975 bits per heavy atom. The number of hydrogen-bond donors (Lipinski definition) is 0. The van der Waals surface area contributed by atoms with E-state index in [1.54, 1.807) is 0 Å². The van der Waals surface area contributed by atoms with Crippen LogP contribution < -0.4 is 42.1 Å². The molecule has 0 amide bonds. The number of carboxylic acid groups (broad SMARTS) is 2. The zero-order valence-electron chi connectivity index (χ0n) is 66.4. The van der Waals surface area contributed by atoms with Crippen LogP contribution in [-0.4, -0.2) is 87.7 Å². The molecular formula is C93H84F14N6O4OsP2+2. The van der Waals surface area contributed by atoms with Gasteiger partial charge in [-0.15, -0.1) is 0 Å². The van der Waals surface area contributed by atoms with Gasteiger partial charge in [0.1, 0.15) is 44.8 Å². The molecule has 0 bridgehead atoms. The minimum atomic E-state index is -6.64. The van der Waals surface area contributed by atoms with Crippen LogP contribution in [0.25, 0.3) is 51.9 Å². The Labute approximate surface area is 700 Å². The summed E-state index contributed by atoms with van der Waals surface area (Å²) < 4.78 is 172. The van der Waals surface area contributed by atoms with Crippen LogP contribution in [0, 0.1) is 0 Å². The van der Waals surface area contributed by atoms with E-state index in [9.17, 15) is 81.3 Å². The number of carbonyl (C=O) groups is 2. The van der Waals surface area contributed by atoms with Gasteiger partial charge in [0.15, 0.2) is 0 Å². The molecule has 10 nitrogen and oxygen atoms in total. The number of carbonyl (C=O) groups excluding carboxylic acids is 2. The van der Waals surface area contributed by atoms with Crippen LogP contribution in [-0.2, 0) is 61.0 Å². The molecule has 6 aromatic carbocycles. The van der Waals surface area contributed by atoms with Gasteiger partial charge in [0.05, 0.1) is 55.4 Å². The van der Waals surface area contributed by atoms with Gasteiger partial charge in [0.25, 0.3) is 0 Å². The first kappa shape index (κ1) is 90.2. The molecule has 0 fully saturated rings. The predicted octanol–water partition coefficient (Wildman–Crippen LogP) is 17.8. The first-order valence-electron chi connectivity index (χ1n) is 38.9. The monoisotopic (exact) mass is 1870 g/mol. The van der Waals surface area contributed by atoms with Crippen LogP contribution in [0.2, 0.25) is 0 Å². The molecule has 10 heterocycles. The van der Waals surface area contributed by atoms with Crippen molar-refractivity contribution in [2.24, 2.45) is 0 Å². The molecule has 0 radical (unpaired) electrons. The number of allylic oxidation sites excluding steroid dienone is 5. The third-order valence-electron chi connectivity index (χ3n) is 21.7. The molecule has 0 aliphatic carbocycles. The second-order valence-electron chi connectivity index (χ2n) is 28.3. The van der Waals surface area contributed by atoms with Crippen molar-refractivity contribution >= 4 is 78.7 Å². The van der Waals surface area contributed by atoms with Crippen molar-refractivity contribution < 1.29 is 110 Å². The fourth-order valence-corrected chi connectivity index (χ4v) is 21.3. The van der Waals surface area contributed by atoms with E-state index in [2.05, 4.69) is 277 Å². The first-order chi connectivity index (χ1) is 56.7. The van der Waals surface area contributed by atoms with Gasteiger partial charge in [-0.2, -0.15) is 70.6 Å². The second-order valence-corrected chi connectivity index (χ2v) is 33.0. The van der Waals surface area contributed by atoms with Crippen LogP contribution in [0.15, 0.2) is 270 Å². The molecule has 0 N–H and O–H groups in total. The number of aliphatic carboxylic acids is 2. The van der Waals surface area contributed by atoms with Crippen molar-refractivity contribution in [3.63, 3.8) is 0 Å². The third-order valence-corrected chi connectivity index (χ3v) is 26.9. The maximum absolute atomic E-state index is 11.7. The number of nitrogens with zero attached hydrogens (tertiary/aromatic N) is 6. The zero-order valence-corrected chi connectivity index (χ0v) is 70.9. The Balaban J connectivity index is 0.000000157. The van der Waals surface area contributed by atoms with Crippen LogP contribution in [0.4, 0.5) is 61.5 Å². The minimum absolute atomic E-state index is 0.